The minimum Gasteiger partial charge on any atom is -0.396 e. The summed E-state index contributed by atoms with van der Waals surface area (Å²) in [5, 5.41) is 9.78. The summed E-state index contributed by atoms with van der Waals surface area (Å²) in [4.78, 5) is 0. The summed E-state index contributed by atoms with van der Waals surface area (Å²) in [5.41, 5.74) is -2.25. The zero-order chi connectivity index (χ0) is 22.8. The van der Waals surface area contributed by atoms with E-state index >= 15 is 0 Å². The molecule has 0 saturated carbocycles. The molecular formula is C22H22F6O3. The highest BCUT2D eigenvalue weighted by atomic mass is 19.4. The Morgan fingerprint density at radius 3 is 2.10 bits per heavy atom. The standard InChI is InChI=1S/C22H22F6O3/c1-13(16-9-17(21(23,24)25)11-18(10-16)22(26,27)28)31-20-19(14-5-3-2-4-6-14)15(12-29)7-8-30-20/h2-6,9-11,13,15,19-20,29H,7-8,12H2,1H3/t13-,15?,19?,20?/m1/s1. The van der Waals surface area contributed by atoms with Crippen molar-refractivity contribution in [1.82, 2.24) is 0 Å². The molecule has 0 aliphatic carbocycles. The molecule has 3 nitrogen and oxygen atoms in total. The van der Waals surface area contributed by atoms with Gasteiger partial charge in [-0.1, -0.05) is 30.3 Å². The molecule has 1 aliphatic rings. The molecule has 9 heteroatoms. The van der Waals surface area contributed by atoms with Crippen molar-refractivity contribution < 1.29 is 40.9 Å². The van der Waals surface area contributed by atoms with E-state index in [9.17, 15) is 31.4 Å². The van der Waals surface area contributed by atoms with Crippen LogP contribution in [0.1, 0.15) is 47.6 Å². The first-order chi connectivity index (χ1) is 14.5. The van der Waals surface area contributed by atoms with Crippen LogP contribution in [0.4, 0.5) is 26.3 Å². The van der Waals surface area contributed by atoms with Crippen LogP contribution in [0.25, 0.3) is 0 Å². The van der Waals surface area contributed by atoms with Crippen LogP contribution in [0.15, 0.2) is 48.5 Å². The van der Waals surface area contributed by atoms with Crippen LogP contribution in [-0.2, 0) is 21.8 Å². The Labute approximate surface area is 175 Å². The van der Waals surface area contributed by atoms with Gasteiger partial charge < -0.3 is 14.6 Å². The fourth-order valence-electron chi connectivity index (χ4n) is 3.77. The molecule has 1 heterocycles. The number of halogens is 6. The average molecular weight is 448 g/mol. The Hall–Kier alpha value is -2.10. The van der Waals surface area contributed by atoms with Gasteiger partial charge in [-0.2, -0.15) is 26.3 Å². The van der Waals surface area contributed by atoms with Crippen LogP contribution in [0.3, 0.4) is 0 Å². The second-order valence-electron chi connectivity index (χ2n) is 7.52. The van der Waals surface area contributed by atoms with E-state index < -0.39 is 41.8 Å². The van der Waals surface area contributed by atoms with Crippen molar-refractivity contribution in [2.45, 2.75) is 44.0 Å². The number of alkyl halides is 6. The maximum atomic E-state index is 13.2. The lowest BCUT2D eigenvalue weighted by Gasteiger charge is -2.38. The molecule has 1 saturated heterocycles. The molecule has 3 rings (SSSR count). The molecule has 4 atom stereocenters. The van der Waals surface area contributed by atoms with Gasteiger partial charge >= 0.3 is 12.4 Å². The number of ether oxygens (including phenoxy) is 2. The molecule has 31 heavy (non-hydrogen) atoms. The zero-order valence-electron chi connectivity index (χ0n) is 16.6. The Morgan fingerprint density at radius 1 is 1.00 bits per heavy atom. The second-order valence-corrected chi connectivity index (χ2v) is 7.52. The molecule has 170 valence electrons. The first kappa shape index (κ1) is 23.6. The largest absolute Gasteiger partial charge is 0.416 e. The molecule has 2 aromatic rings. The Morgan fingerprint density at radius 2 is 1.58 bits per heavy atom. The summed E-state index contributed by atoms with van der Waals surface area (Å²) < 4.78 is 90.6. The summed E-state index contributed by atoms with van der Waals surface area (Å²) in [7, 11) is 0. The highest BCUT2D eigenvalue weighted by Crippen LogP contribution is 2.41. The van der Waals surface area contributed by atoms with Crippen molar-refractivity contribution in [2.24, 2.45) is 5.92 Å². The van der Waals surface area contributed by atoms with Crippen LogP contribution in [-0.4, -0.2) is 24.6 Å². The third-order valence-electron chi connectivity index (χ3n) is 5.41. The van der Waals surface area contributed by atoms with Crippen LogP contribution < -0.4 is 0 Å². The molecule has 1 aliphatic heterocycles. The van der Waals surface area contributed by atoms with Gasteiger partial charge in [0.25, 0.3) is 0 Å². The van der Waals surface area contributed by atoms with Crippen molar-refractivity contribution in [2.75, 3.05) is 13.2 Å². The summed E-state index contributed by atoms with van der Waals surface area (Å²) in [6.45, 7) is 1.48. The van der Waals surface area contributed by atoms with E-state index in [2.05, 4.69) is 0 Å². The van der Waals surface area contributed by atoms with E-state index in [0.717, 1.165) is 5.56 Å². The van der Waals surface area contributed by atoms with Crippen LogP contribution in [0.2, 0.25) is 0 Å². The Kier molecular flexibility index (Phi) is 6.98. The van der Waals surface area contributed by atoms with Crippen molar-refractivity contribution in [3.63, 3.8) is 0 Å². The Balaban J connectivity index is 1.92. The van der Waals surface area contributed by atoms with Gasteiger partial charge in [-0.15, -0.1) is 0 Å². The van der Waals surface area contributed by atoms with Gasteiger partial charge in [0.15, 0.2) is 6.29 Å². The molecule has 0 amide bonds. The van der Waals surface area contributed by atoms with Gasteiger partial charge in [-0.25, -0.2) is 0 Å². The number of hydrogen-bond acceptors (Lipinski definition) is 3. The predicted octanol–water partition coefficient (Wildman–Crippen LogP) is 5.94. The molecular weight excluding hydrogens is 426 g/mol. The summed E-state index contributed by atoms with van der Waals surface area (Å²) in [6.07, 6.45) is -11.4. The third kappa shape index (κ3) is 5.58. The van der Waals surface area contributed by atoms with Crippen LogP contribution in [0.5, 0.6) is 0 Å². The first-order valence-corrected chi connectivity index (χ1v) is 9.73. The van der Waals surface area contributed by atoms with E-state index in [-0.39, 0.29) is 30.8 Å². The van der Waals surface area contributed by atoms with Gasteiger partial charge in [-0.05, 0) is 48.6 Å². The summed E-state index contributed by atoms with van der Waals surface area (Å²) in [6, 6.07) is 10.4. The number of hydrogen-bond donors (Lipinski definition) is 1. The smallest absolute Gasteiger partial charge is 0.396 e. The SMILES string of the molecule is C[C@@H](OC1OCCC(CO)C1c1ccccc1)c1cc(C(F)(F)F)cc(C(F)(F)F)c1. The normalized spacial score (nSPS) is 23.5. The number of aliphatic hydroxyl groups excluding tert-OH is 1. The molecule has 0 radical (unpaired) electrons. The highest BCUT2D eigenvalue weighted by Gasteiger charge is 2.39. The molecule has 1 fully saturated rings. The van der Waals surface area contributed by atoms with Crippen molar-refractivity contribution >= 4 is 0 Å². The van der Waals surface area contributed by atoms with E-state index in [0.29, 0.717) is 18.6 Å². The maximum absolute atomic E-state index is 13.2. The number of aliphatic hydroxyl groups is 1. The van der Waals surface area contributed by atoms with Crippen molar-refractivity contribution in [1.29, 1.82) is 0 Å². The highest BCUT2D eigenvalue weighted by molar-refractivity contribution is 5.34. The molecule has 0 spiro atoms. The lowest BCUT2D eigenvalue weighted by Crippen LogP contribution is -2.38. The van der Waals surface area contributed by atoms with E-state index in [1.807, 2.05) is 12.1 Å². The minimum atomic E-state index is -4.94. The van der Waals surface area contributed by atoms with Crippen LogP contribution in [0, 0.1) is 5.92 Å². The summed E-state index contributed by atoms with van der Waals surface area (Å²) in [5.74, 6) is -0.643. The summed E-state index contributed by atoms with van der Waals surface area (Å²) >= 11 is 0. The van der Waals surface area contributed by atoms with Crippen molar-refractivity contribution in [3.8, 4) is 0 Å². The molecule has 2 aromatic carbocycles. The van der Waals surface area contributed by atoms with Gasteiger partial charge in [0, 0.05) is 12.5 Å². The van der Waals surface area contributed by atoms with Gasteiger partial charge in [0.2, 0.25) is 0 Å². The molecule has 0 bridgehead atoms. The quantitative estimate of drug-likeness (QED) is 0.576. The molecule has 0 aromatic heterocycles. The Bertz CT molecular complexity index is 834. The fraction of sp³-hybridized carbons (Fsp3) is 0.455. The third-order valence-corrected chi connectivity index (χ3v) is 5.41. The van der Waals surface area contributed by atoms with Crippen LogP contribution >= 0.6 is 0 Å². The second kappa shape index (κ2) is 9.18. The molecule has 1 N–H and O–H groups in total. The van der Waals surface area contributed by atoms with E-state index in [1.165, 1.54) is 6.92 Å². The predicted molar refractivity (Wildman–Crippen MR) is 100 cm³/mol. The monoisotopic (exact) mass is 448 g/mol. The number of rotatable bonds is 5. The van der Waals surface area contributed by atoms with E-state index in [1.54, 1.807) is 18.2 Å². The minimum absolute atomic E-state index is 0.0852. The van der Waals surface area contributed by atoms with Gasteiger partial charge in [0.05, 0.1) is 23.8 Å². The average Bonchev–Trinajstić information content (AvgIpc) is 2.72. The topological polar surface area (TPSA) is 38.7 Å². The van der Waals surface area contributed by atoms with Gasteiger partial charge in [-0.3, -0.25) is 0 Å². The zero-order valence-corrected chi connectivity index (χ0v) is 16.6. The lowest BCUT2D eigenvalue weighted by molar-refractivity contribution is -0.212. The fourth-order valence-corrected chi connectivity index (χ4v) is 3.77. The van der Waals surface area contributed by atoms with Gasteiger partial charge in [0.1, 0.15) is 0 Å². The number of benzene rings is 2. The lowest BCUT2D eigenvalue weighted by atomic mass is 9.82. The molecule has 3 unspecified atom stereocenters. The maximum Gasteiger partial charge on any atom is 0.416 e. The van der Waals surface area contributed by atoms with E-state index in [4.69, 9.17) is 9.47 Å². The first-order valence-electron chi connectivity index (χ1n) is 9.73. The van der Waals surface area contributed by atoms with Crippen molar-refractivity contribution in [3.05, 3.63) is 70.8 Å².